The highest BCUT2D eigenvalue weighted by atomic mass is 16.5. The summed E-state index contributed by atoms with van der Waals surface area (Å²) in [6.07, 6.45) is 2.24. The van der Waals surface area contributed by atoms with E-state index in [9.17, 15) is 14.4 Å². The van der Waals surface area contributed by atoms with E-state index in [-0.39, 0.29) is 31.9 Å². The summed E-state index contributed by atoms with van der Waals surface area (Å²) in [5.74, 6) is -1.62. The molecule has 0 bridgehead atoms. The van der Waals surface area contributed by atoms with Gasteiger partial charge in [0.25, 0.3) is 0 Å². The van der Waals surface area contributed by atoms with E-state index in [0.717, 1.165) is 22.3 Å². The van der Waals surface area contributed by atoms with Gasteiger partial charge in [0.2, 0.25) is 5.91 Å². The summed E-state index contributed by atoms with van der Waals surface area (Å²) in [6, 6.07) is 15.1. The number of H-pyrrole nitrogens is 1. The van der Waals surface area contributed by atoms with Gasteiger partial charge in [-0.1, -0.05) is 48.5 Å². The number of rotatable bonds is 9. The van der Waals surface area contributed by atoms with Gasteiger partial charge >= 0.3 is 12.1 Å². The van der Waals surface area contributed by atoms with Gasteiger partial charge in [-0.2, -0.15) is 0 Å². The summed E-state index contributed by atoms with van der Waals surface area (Å²) in [6.45, 7) is 0.0806. The van der Waals surface area contributed by atoms with E-state index in [1.807, 2.05) is 36.4 Å². The number of aromatic amines is 1. The topological polar surface area (TPSA) is 133 Å². The monoisotopic (exact) mass is 448 g/mol. The van der Waals surface area contributed by atoms with Crippen LogP contribution in [-0.2, 0) is 20.7 Å². The molecule has 170 valence electrons. The van der Waals surface area contributed by atoms with Gasteiger partial charge in [0, 0.05) is 30.8 Å². The number of aromatic nitrogens is 2. The first-order valence-electron chi connectivity index (χ1n) is 10.6. The zero-order valence-corrected chi connectivity index (χ0v) is 17.8. The van der Waals surface area contributed by atoms with Gasteiger partial charge in [-0.05, 0) is 22.3 Å². The number of nitrogens with one attached hydrogen (secondary N) is 3. The number of ether oxygens (including phenoxy) is 1. The highest BCUT2D eigenvalue weighted by Crippen LogP contribution is 2.44. The zero-order chi connectivity index (χ0) is 23.2. The molecule has 0 aliphatic heterocycles. The van der Waals surface area contributed by atoms with Crippen molar-refractivity contribution in [2.45, 2.75) is 24.8 Å². The molecule has 0 saturated carbocycles. The van der Waals surface area contributed by atoms with E-state index < -0.39 is 24.0 Å². The zero-order valence-electron chi connectivity index (χ0n) is 17.8. The van der Waals surface area contributed by atoms with Gasteiger partial charge in [0.15, 0.2) is 0 Å². The second-order valence-corrected chi connectivity index (χ2v) is 7.74. The minimum absolute atomic E-state index is 0.0417. The molecule has 1 aromatic heterocycles. The molecule has 0 spiro atoms. The number of carbonyl (C=O) groups excluding carboxylic acids is 2. The lowest BCUT2D eigenvalue weighted by Gasteiger charge is -2.19. The van der Waals surface area contributed by atoms with E-state index in [0.29, 0.717) is 5.69 Å². The average Bonchev–Trinajstić information content (AvgIpc) is 3.43. The largest absolute Gasteiger partial charge is 0.481 e. The van der Waals surface area contributed by atoms with E-state index in [4.69, 9.17) is 9.84 Å². The van der Waals surface area contributed by atoms with Crippen molar-refractivity contribution in [1.82, 2.24) is 20.6 Å². The van der Waals surface area contributed by atoms with Crippen LogP contribution in [0.1, 0.15) is 29.2 Å². The van der Waals surface area contributed by atoms with Crippen molar-refractivity contribution >= 4 is 18.0 Å². The van der Waals surface area contributed by atoms with Crippen LogP contribution in [0.15, 0.2) is 61.1 Å². The Morgan fingerprint density at radius 2 is 1.73 bits per heavy atom. The Hall–Kier alpha value is -4.14. The highest BCUT2D eigenvalue weighted by Gasteiger charge is 2.30. The number of hydrogen-bond acceptors (Lipinski definition) is 5. The Morgan fingerprint density at radius 3 is 2.33 bits per heavy atom. The maximum absolute atomic E-state index is 12.6. The van der Waals surface area contributed by atoms with Crippen molar-refractivity contribution in [2.24, 2.45) is 0 Å². The lowest BCUT2D eigenvalue weighted by molar-refractivity contribution is -0.137. The van der Waals surface area contributed by atoms with Crippen molar-refractivity contribution in [3.63, 3.8) is 0 Å². The SMILES string of the molecule is O=C(O)CCNC(=O)[C@@H](Cc1cnc[nH]1)NC(=O)OCC1c2ccccc2-c2ccccc21. The van der Waals surface area contributed by atoms with Gasteiger partial charge in [0.1, 0.15) is 12.6 Å². The molecule has 2 amide bonds. The Kier molecular flexibility index (Phi) is 6.68. The lowest BCUT2D eigenvalue weighted by Crippen LogP contribution is -2.48. The fourth-order valence-electron chi connectivity index (χ4n) is 4.02. The van der Waals surface area contributed by atoms with Crippen molar-refractivity contribution in [2.75, 3.05) is 13.2 Å². The minimum Gasteiger partial charge on any atom is -0.481 e. The second-order valence-electron chi connectivity index (χ2n) is 7.74. The number of imidazole rings is 1. The third kappa shape index (κ3) is 5.20. The number of nitrogens with zero attached hydrogens (tertiary/aromatic N) is 1. The number of benzene rings is 2. The summed E-state index contributed by atoms with van der Waals surface area (Å²) in [5, 5.41) is 13.9. The quantitative estimate of drug-likeness (QED) is 0.397. The number of carbonyl (C=O) groups is 3. The van der Waals surface area contributed by atoms with E-state index in [1.165, 1.54) is 6.33 Å². The molecule has 0 fully saturated rings. The molecule has 3 aromatic rings. The standard InChI is InChI=1S/C24H24N4O5/c29-22(30)9-10-26-23(31)21(11-15-12-25-14-27-15)28-24(32)33-13-20-18-7-3-1-5-16(18)17-6-2-4-8-19(17)20/h1-8,12,14,20-21H,9-11,13H2,(H,25,27)(H,26,31)(H,28,32)(H,29,30)/t21-/m1/s1. The first-order valence-corrected chi connectivity index (χ1v) is 10.6. The van der Waals surface area contributed by atoms with Crippen LogP contribution in [0.4, 0.5) is 4.79 Å². The molecule has 1 aliphatic rings. The molecular formula is C24H24N4O5. The van der Waals surface area contributed by atoms with Crippen LogP contribution in [0.25, 0.3) is 11.1 Å². The number of amides is 2. The van der Waals surface area contributed by atoms with Crippen LogP contribution >= 0.6 is 0 Å². The van der Waals surface area contributed by atoms with Crippen LogP contribution < -0.4 is 10.6 Å². The van der Waals surface area contributed by atoms with Crippen molar-refractivity contribution in [3.8, 4) is 11.1 Å². The number of aliphatic carboxylic acids is 1. The van der Waals surface area contributed by atoms with Crippen molar-refractivity contribution in [3.05, 3.63) is 77.9 Å². The molecule has 4 N–H and O–H groups in total. The molecule has 33 heavy (non-hydrogen) atoms. The predicted octanol–water partition coefficient (Wildman–Crippen LogP) is 2.45. The number of carboxylic acids is 1. The van der Waals surface area contributed by atoms with Crippen LogP contribution in [0.3, 0.4) is 0 Å². The molecule has 0 unspecified atom stereocenters. The van der Waals surface area contributed by atoms with E-state index in [2.05, 4.69) is 32.7 Å². The molecule has 1 aliphatic carbocycles. The minimum atomic E-state index is -1.02. The molecule has 2 aromatic carbocycles. The Labute approximate surface area is 190 Å². The number of alkyl carbamates (subject to hydrolysis) is 1. The average molecular weight is 448 g/mol. The number of hydrogen-bond donors (Lipinski definition) is 4. The van der Waals surface area contributed by atoms with Crippen LogP contribution in [0.2, 0.25) is 0 Å². The molecule has 9 nitrogen and oxygen atoms in total. The fourth-order valence-corrected chi connectivity index (χ4v) is 4.02. The number of fused-ring (bicyclic) bond motifs is 3. The summed E-state index contributed by atoms with van der Waals surface area (Å²) in [7, 11) is 0. The fraction of sp³-hybridized carbons (Fsp3) is 0.250. The smallest absolute Gasteiger partial charge is 0.407 e. The van der Waals surface area contributed by atoms with Crippen LogP contribution in [-0.4, -0.2) is 52.2 Å². The molecular weight excluding hydrogens is 424 g/mol. The first kappa shape index (κ1) is 22.1. The summed E-state index contributed by atoms with van der Waals surface area (Å²) >= 11 is 0. The number of carboxylic acid groups (broad SMARTS) is 1. The normalized spacial score (nSPS) is 13.0. The van der Waals surface area contributed by atoms with Crippen molar-refractivity contribution < 1.29 is 24.2 Å². The molecule has 1 atom stereocenters. The Balaban J connectivity index is 1.41. The molecule has 9 heteroatoms. The van der Waals surface area contributed by atoms with Gasteiger partial charge in [-0.3, -0.25) is 9.59 Å². The molecule has 0 radical (unpaired) electrons. The lowest BCUT2D eigenvalue weighted by atomic mass is 9.98. The van der Waals surface area contributed by atoms with Crippen LogP contribution in [0, 0.1) is 0 Å². The summed E-state index contributed by atoms with van der Waals surface area (Å²) < 4.78 is 5.53. The maximum atomic E-state index is 12.6. The maximum Gasteiger partial charge on any atom is 0.407 e. The third-order valence-electron chi connectivity index (χ3n) is 5.57. The first-order chi connectivity index (χ1) is 16.0. The summed E-state index contributed by atoms with van der Waals surface area (Å²) in [4.78, 5) is 42.7. The van der Waals surface area contributed by atoms with Gasteiger partial charge in [0.05, 0.1) is 12.7 Å². The van der Waals surface area contributed by atoms with Gasteiger partial charge in [-0.15, -0.1) is 0 Å². The summed E-state index contributed by atoms with van der Waals surface area (Å²) in [5.41, 5.74) is 5.07. The predicted molar refractivity (Wildman–Crippen MR) is 120 cm³/mol. The Bertz CT molecular complexity index is 1100. The van der Waals surface area contributed by atoms with E-state index in [1.54, 1.807) is 6.20 Å². The van der Waals surface area contributed by atoms with E-state index >= 15 is 0 Å². The highest BCUT2D eigenvalue weighted by molar-refractivity contribution is 5.86. The van der Waals surface area contributed by atoms with Gasteiger partial charge < -0.3 is 25.5 Å². The Morgan fingerprint density at radius 1 is 1.06 bits per heavy atom. The molecule has 4 rings (SSSR count). The van der Waals surface area contributed by atoms with Crippen molar-refractivity contribution in [1.29, 1.82) is 0 Å². The molecule has 1 heterocycles. The third-order valence-corrected chi connectivity index (χ3v) is 5.57. The van der Waals surface area contributed by atoms with Crippen LogP contribution in [0.5, 0.6) is 0 Å². The second kappa shape index (κ2) is 9.99. The molecule has 0 saturated heterocycles. The van der Waals surface area contributed by atoms with Gasteiger partial charge in [-0.25, -0.2) is 9.78 Å².